The van der Waals surface area contributed by atoms with E-state index in [9.17, 15) is 0 Å². The van der Waals surface area contributed by atoms with Crippen molar-refractivity contribution in [3.63, 3.8) is 0 Å². The Balaban J connectivity index is 0.982. The molecule has 0 bridgehead atoms. The summed E-state index contributed by atoms with van der Waals surface area (Å²) in [6.45, 7) is 6.75. The Bertz CT molecular complexity index is 3750. The Morgan fingerprint density at radius 1 is 0.522 bits per heavy atom. The van der Waals surface area contributed by atoms with E-state index in [0.717, 1.165) is 67.3 Å². The van der Waals surface area contributed by atoms with Gasteiger partial charge in [-0.05, 0) is 69.1 Å². The van der Waals surface area contributed by atoms with Gasteiger partial charge < -0.3 is 0 Å². The fourth-order valence-electron chi connectivity index (χ4n) is 10.0. The van der Waals surface area contributed by atoms with Gasteiger partial charge in [0.1, 0.15) is 5.75 Å². The van der Waals surface area contributed by atoms with Crippen LogP contribution in [0.2, 0.25) is 17.3 Å². The van der Waals surface area contributed by atoms with Crippen LogP contribution in [0.1, 0.15) is 26.3 Å². The average molecular weight is 928 g/mol. The van der Waals surface area contributed by atoms with E-state index in [1.54, 1.807) is 0 Å². The molecule has 0 unspecified atom stereocenters. The first kappa shape index (κ1) is 41.0. The van der Waals surface area contributed by atoms with Crippen LogP contribution in [0, 0.1) is 6.33 Å². The molecular weight excluding hydrogens is 877 g/mol. The van der Waals surface area contributed by atoms with Crippen LogP contribution in [-0.4, -0.2) is 27.4 Å². The van der Waals surface area contributed by atoms with Gasteiger partial charge in [-0.15, -0.1) is 0 Å². The standard InChI is InChI=1S/C61H50GeN4O/c1-61(2,3)42-33-34-63-59(36-42)66-56-32-27-41(40-25-28-43(29-26-40)62(4,5)6)35-54(56)52-31-30-46(38-58(52)66)67-45-16-13-15-44(37-45)64-39-65-55-23-12-11-21-51(55)49-19-9-7-17-47(49)48-18-8-10-20-50(48)53-22-14-24-57(64)60(53)65/h7-38H,1-6H3. The minimum atomic E-state index is -1.95. The molecule has 0 atom stereocenters. The van der Waals surface area contributed by atoms with Gasteiger partial charge in [0.25, 0.3) is 6.33 Å². The first-order valence-electron chi connectivity index (χ1n) is 23.2. The van der Waals surface area contributed by atoms with Crippen LogP contribution in [0.5, 0.6) is 11.5 Å². The molecule has 67 heavy (non-hydrogen) atoms. The van der Waals surface area contributed by atoms with E-state index in [-0.39, 0.29) is 5.41 Å². The van der Waals surface area contributed by atoms with Crippen LogP contribution in [0.4, 0.5) is 0 Å². The Labute approximate surface area is 394 Å². The summed E-state index contributed by atoms with van der Waals surface area (Å²) in [6, 6.07) is 68.1. The molecule has 324 valence electrons. The summed E-state index contributed by atoms with van der Waals surface area (Å²) in [5, 5.41) is 2.32. The zero-order valence-electron chi connectivity index (χ0n) is 38.7. The molecule has 1 aliphatic heterocycles. The first-order chi connectivity index (χ1) is 32.5. The SMILES string of the molecule is CC(C)(C)c1ccnc(-n2c3ccc(-c4cc[c]([Ge]([CH3])([CH3])[CH3])cc4)cc3c3ccc(Oc4cccc(-n5[c-][n+]6c7c(cccc75)-c5ccccc5-c5ccccc5-c5ccccc5-6)c4)cc32)c1. The van der Waals surface area contributed by atoms with Crippen molar-refractivity contribution in [3.8, 4) is 73.2 Å². The summed E-state index contributed by atoms with van der Waals surface area (Å²) in [4.78, 5) is 4.99. The predicted molar refractivity (Wildman–Crippen MR) is 279 cm³/mol. The van der Waals surface area contributed by atoms with Gasteiger partial charge in [-0.1, -0.05) is 112 Å². The molecule has 0 spiro atoms. The van der Waals surface area contributed by atoms with Gasteiger partial charge in [-0.25, -0.2) is 0 Å². The van der Waals surface area contributed by atoms with Crippen molar-refractivity contribution in [2.45, 2.75) is 43.5 Å². The quantitative estimate of drug-likeness (QED) is 0.0946. The number of pyridine rings is 1. The second kappa shape index (κ2) is 15.6. The Hall–Kier alpha value is -7.48. The average Bonchev–Trinajstić information content (AvgIpc) is 3.90. The van der Waals surface area contributed by atoms with E-state index in [0.29, 0.717) is 0 Å². The van der Waals surface area contributed by atoms with Gasteiger partial charge in [0.05, 0.1) is 22.4 Å². The van der Waals surface area contributed by atoms with Gasteiger partial charge in [0.15, 0.2) is 0 Å². The number of para-hydroxylation sites is 2. The molecule has 0 amide bonds. The number of hydrogen-bond acceptors (Lipinski definition) is 2. The van der Waals surface area contributed by atoms with Crippen molar-refractivity contribution in [1.82, 2.24) is 14.1 Å². The number of ether oxygens (including phenoxy) is 1. The van der Waals surface area contributed by atoms with E-state index in [1.165, 1.54) is 48.7 Å². The van der Waals surface area contributed by atoms with Crippen LogP contribution < -0.4 is 13.7 Å². The molecule has 4 heterocycles. The van der Waals surface area contributed by atoms with Gasteiger partial charge in [-0.2, -0.15) is 0 Å². The summed E-state index contributed by atoms with van der Waals surface area (Å²) in [7, 11) is 0. The van der Waals surface area contributed by atoms with Crippen molar-refractivity contribution in [3.05, 3.63) is 206 Å². The number of benzene rings is 8. The third-order valence-corrected chi connectivity index (χ3v) is 17.9. The number of hydrogen-bond donors (Lipinski definition) is 0. The van der Waals surface area contributed by atoms with E-state index in [4.69, 9.17) is 9.72 Å². The molecular formula is C61H50GeN4O. The maximum absolute atomic E-state index is 6.86. The van der Waals surface area contributed by atoms with E-state index in [2.05, 4.69) is 240 Å². The summed E-state index contributed by atoms with van der Waals surface area (Å²) in [5.41, 5.74) is 17.0. The molecule has 6 heteroatoms. The molecule has 3 aromatic heterocycles. The number of imidazole rings is 1. The normalized spacial score (nSPS) is 12.3. The molecule has 0 saturated carbocycles. The summed E-state index contributed by atoms with van der Waals surface area (Å²) < 4.78 is 15.1. The monoisotopic (exact) mass is 928 g/mol. The topological polar surface area (TPSA) is 35.9 Å². The molecule has 11 aromatic rings. The Morgan fingerprint density at radius 3 is 1.90 bits per heavy atom. The Kier molecular flexibility index (Phi) is 9.53. The second-order valence-electron chi connectivity index (χ2n) is 19.9. The number of rotatable bonds is 6. The third-order valence-electron chi connectivity index (χ3n) is 13.5. The van der Waals surface area contributed by atoms with Crippen molar-refractivity contribution >= 4 is 50.5 Å². The molecule has 5 nitrogen and oxygen atoms in total. The molecule has 0 saturated heterocycles. The van der Waals surface area contributed by atoms with Crippen molar-refractivity contribution < 1.29 is 9.30 Å². The second-order valence-corrected chi connectivity index (χ2v) is 30.5. The zero-order chi connectivity index (χ0) is 45.6. The summed E-state index contributed by atoms with van der Waals surface area (Å²) in [5.74, 6) is 9.70. The van der Waals surface area contributed by atoms with Crippen LogP contribution >= 0.6 is 0 Å². The van der Waals surface area contributed by atoms with Crippen molar-refractivity contribution in [2.75, 3.05) is 0 Å². The molecule has 0 radical (unpaired) electrons. The zero-order valence-corrected chi connectivity index (χ0v) is 40.8. The van der Waals surface area contributed by atoms with Crippen LogP contribution in [0.3, 0.4) is 0 Å². The van der Waals surface area contributed by atoms with Crippen LogP contribution in [-0.2, 0) is 5.41 Å². The maximum atomic E-state index is 6.86. The van der Waals surface area contributed by atoms with Crippen molar-refractivity contribution in [1.29, 1.82) is 0 Å². The van der Waals surface area contributed by atoms with Gasteiger partial charge in [0, 0.05) is 0 Å². The van der Waals surface area contributed by atoms with Crippen LogP contribution in [0.25, 0.3) is 94.5 Å². The number of fused-ring (bicyclic) bond motifs is 10. The molecule has 0 N–H and O–H groups in total. The predicted octanol–water partition coefficient (Wildman–Crippen LogP) is 14.8. The summed E-state index contributed by atoms with van der Waals surface area (Å²) in [6.07, 6.45) is 5.76. The van der Waals surface area contributed by atoms with E-state index >= 15 is 0 Å². The van der Waals surface area contributed by atoms with E-state index in [1.807, 2.05) is 12.3 Å². The van der Waals surface area contributed by atoms with Gasteiger partial charge >= 0.3 is 172 Å². The third kappa shape index (κ3) is 6.99. The van der Waals surface area contributed by atoms with Gasteiger partial charge in [0.2, 0.25) is 0 Å². The fraction of sp³-hybridized carbons (Fsp3) is 0.115. The first-order valence-corrected chi connectivity index (χ1v) is 30.5. The molecule has 1 aliphatic rings. The fourth-order valence-corrected chi connectivity index (χ4v) is 12.5. The molecule has 12 rings (SSSR count). The molecule has 0 aliphatic carbocycles. The Morgan fingerprint density at radius 2 is 1.16 bits per heavy atom. The molecule has 8 aromatic carbocycles. The van der Waals surface area contributed by atoms with Gasteiger partial charge in [-0.3, -0.25) is 9.13 Å². The van der Waals surface area contributed by atoms with E-state index < -0.39 is 13.3 Å². The number of nitrogens with zero attached hydrogens (tertiary/aromatic N) is 4. The molecule has 0 fully saturated rings. The summed E-state index contributed by atoms with van der Waals surface area (Å²) >= 11 is -1.95. The number of aromatic nitrogens is 4. The van der Waals surface area contributed by atoms with Crippen molar-refractivity contribution in [2.24, 2.45) is 0 Å². The van der Waals surface area contributed by atoms with Crippen LogP contribution in [0.15, 0.2) is 194 Å². The minimum absolute atomic E-state index is 0.0376.